The van der Waals surface area contributed by atoms with Crippen LogP contribution in [-0.2, 0) is 6.42 Å². The summed E-state index contributed by atoms with van der Waals surface area (Å²) in [6.07, 6.45) is 2.77. The number of aromatic nitrogens is 3. The quantitative estimate of drug-likeness (QED) is 0.827. The van der Waals surface area contributed by atoms with E-state index in [9.17, 15) is 5.11 Å². The third-order valence-electron chi connectivity index (χ3n) is 2.99. The van der Waals surface area contributed by atoms with Crippen LogP contribution in [0.25, 0.3) is 0 Å². The van der Waals surface area contributed by atoms with Gasteiger partial charge in [-0.15, -0.1) is 0 Å². The molecule has 1 unspecified atom stereocenters. The lowest BCUT2D eigenvalue weighted by molar-refractivity contribution is 0.0466. The first-order valence-electron chi connectivity index (χ1n) is 6.96. The van der Waals surface area contributed by atoms with Crippen LogP contribution in [-0.4, -0.2) is 37.6 Å². The van der Waals surface area contributed by atoms with Crippen LogP contribution in [0.2, 0.25) is 0 Å². The van der Waals surface area contributed by atoms with E-state index in [0.717, 1.165) is 12.4 Å². The van der Waals surface area contributed by atoms with Crippen molar-refractivity contribution >= 4 is 0 Å². The van der Waals surface area contributed by atoms with Crippen LogP contribution >= 0.6 is 0 Å². The Balaban J connectivity index is 2.56. The highest BCUT2D eigenvalue weighted by atomic mass is 16.3. The minimum atomic E-state index is -0.766. The molecule has 19 heavy (non-hydrogen) atoms. The zero-order valence-corrected chi connectivity index (χ0v) is 13.1. The predicted molar refractivity (Wildman–Crippen MR) is 77.1 cm³/mol. The molecule has 0 aromatic carbocycles. The van der Waals surface area contributed by atoms with E-state index < -0.39 is 5.60 Å². The molecule has 0 aliphatic heterocycles. The molecule has 5 nitrogen and oxygen atoms in total. The normalized spacial score (nSPS) is 15.8. The maximum absolute atomic E-state index is 10.5. The van der Waals surface area contributed by atoms with Gasteiger partial charge in [0, 0.05) is 18.0 Å². The molecule has 1 rings (SSSR count). The summed E-state index contributed by atoms with van der Waals surface area (Å²) < 4.78 is 1.87. The van der Waals surface area contributed by atoms with Crippen molar-refractivity contribution in [2.45, 2.75) is 71.6 Å². The molecule has 5 heteroatoms. The van der Waals surface area contributed by atoms with Gasteiger partial charge in [0.1, 0.15) is 12.2 Å². The molecular formula is C14H28N4O. The average molecular weight is 268 g/mol. The molecule has 0 fully saturated rings. The highest BCUT2D eigenvalue weighted by molar-refractivity contribution is 4.94. The standard InChI is InChI=1S/C14H28N4O/c1-11(2)18-12(15-10-17-18)9-14(6,19)7-8-16-13(3,4)5/h10-11,16,19H,7-9H2,1-6H3. The second-order valence-corrected chi connectivity index (χ2v) is 6.82. The van der Waals surface area contributed by atoms with E-state index in [-0.39, 0.29) is 11.6 Å². The summed E-state index contributed by atoms with van der Waals surface area (Å²) in [5, 5.41) is 18.1. The van der Waals surface area contributed by atoms with Crippen LogP contribution in [0, 0.1) is 0 Å². The van der Waals surface area contributed by atoms with Crippen molar-refractivity contribution in [3.05, 3.63) is 12.2 Å². The lowest BCUT2D eigenvalue weighted by Gasteiger charge is -2.27. The molecular weight excluding hydrogens is 240 g/mol. The topological polar surface area (TPSA) is 63.0 Å². The van der Waals surface area contributed by atoms with Gasteiger partial charge in [0.2, 0.25) is 0 Å². The van der Waals surface area contributed by atoms with Crippen molar-refractivity contribution in [3.63, 3.8) is 0 Å². The maximum atomic E-state index is 10.5. The molecule has 0 aliphatic rings. The van der Waals surface area contributed by atoms with Crippen LogP contribution in [0.1, 0.15) is 59.8 Å². The van der Waals surface area contributed by atoms with Crippen molar-refractivity contribution in [2.75, 3.05) is 6.54 Å². The van der Waals surface area contributed by atoms with Crippen LogP contribution in [0.3, 0.4) is 0 Å². The maximum Gasteiger partial charge on any atom is 0.138 e. The van der Waals surface area contributed by atoms with Gasteiger partial charge in [-0.05, 0) is 54.5 Å². The minimum Gasteiger partial charge on any atom is -0.390 e. The Labute approximate surface area is 116 Å². The van der Waals surface area contributed by atoms with Crippen LogP contribution in [0.5, 0.6) is 0 Å². The SMILES string of the molecule is CC(C)n1ncnc1CC(C)(O)CCNC(C)(C)C. The summed E-state index contributed by atoms with van der Waals surface area (Å²) in [6, 6.07) is 0.265. The third kappa shape index (κ3) is 5.70. The van der Waals surface area contributed by atoms with Gasteiger partial charge >= 0.3 is 0 Å². The van der Waals surface area contributed by atoms with Gasteiger partial charge in [-0.1, -0.05) is 0 Å². The summed E-state index contributed by atoms with van der Waals surface area (Å²) in [4.78, 5) is 4.25. The zero-order chi connectivity index (χ0) is 14.7. The van der Waals surface area contributed by atoms with E-state index in [1.165, 1.54) is 0 Å². The van der Waals surface area contributed by atoms with Crippen molar-refractivity contribution in [1.29, 1.82) is 0 Å². The monoisotopic (exact) mass is 268 g/mol. The second-order valence-electron chi connectivity index (χ2n) is 6.82. The zero-order valence-electron chi connectivity index (χ0n) is 13.1. The van der Waals surface area contributed by atoms with Crippen molar-refractivity contribution in [1.82, 2.24) is 20.1 Å². The number of hydrogen-bond acceptors (Lipinski definition) is 4. The van der Waals surface area contributed by atoms with Gasteiger partial charge in [-0.2, -0.15) is 5.10 Å². The Morgan fingerprint density at radius 1 is 1.32 bits per heavy atom. The highest BCUT2D eigenvalue weighted by Gasteiger charge is 2.24. The molecule has 0 aliphatic carbocycles. The smallest absolute Gasteiger partial charge is 0.138 e. The van der Waals surface area contributed by atoms with Gasteiger partial charge in [0.15, 0.2) is 0 Å². The van der Waals surface area contributed by atoms with Gasteiger partial charge < -0.3 is 10.4 Å². The fraction of sp³-hybridized carbons (Fsp3) is 0.857. The van der Waals surface area contributed by atoms with Crippen molar-refractivity contribution in [3.8, 4) is 0 Å². The fourth-order valence-corrected chi connectivity index (χ4v) is 1.97. The van der Waals surface area contributed by atoms with Crippen LogP contribution in [0.4, 0.5) is 0 Å². The number of aliphatic hydroxyl groups is 1. The summed E-state index contributed by atoms with van der Waals surface area (Å²) in [5.74, 6) is 0.843. The Bertz CT molecular complexity index is 390. The average Bonchev–Trinajstić information content (AvgIpc) is 2.62. The van der Waals surface area contributed by atoms with E-state index in [2.05, 4.69) is 50.0 Å². The molecule has 0 spiro atoms. The van der Waals surface area contributed by atoms with Gasteiger partial charge in [-0.3, -0.25) is 0 Å². The molecule has 1 heterocycles. The Morgan fingerprint density at radius 2 is 1.95 bits per heavy atom. The molecule has 0 bridgehead atoms. The summed E-state index contributed by atoms with van der Waals surface area (Å²) in [6.45, 7) is 13.1. The van der Waals surface area contributed by atoms with E-state index in [4.69, 9.17) is 0 Å². The lowest BCUT2D eigenvalue weighted by atomic mass is 9.96. The lowest BCUT2D eigenvalue weighted by Crippen LogP contribution is -2.40. The number of hydrogen-bond donors (Lipinski definition) is 2. The highest BCUT2D eigenvalue weighted by Crippen LogP contribution is 2.17. The summed E-state index contributed by atoms with van der Waals surface area (Å²) in [5.41, 5.74) is -0.689. The number of rotatable bonds is 6. The van der Waals surface area contributed by atoms with Crippen molar-refractivity contribution < 1.29 is 5.11 Å². The molecule has 0 saturated heterocycles. The number of nitrogens with one attached hydrogen (secondary N) is 1. The van der Waals surface area contributed by atoms with Crippen molar-refractivity contribution in [2.24, 2.45) is 0 Å². The van der Waals surface area contributed by atoms with E-state index in [0.29, 0.717) is 12.8 Å². The Kier molecular flexibility index (Phi) is 5.10. The fourth-order valence-electron chi connectivity index (χ4n) is 1.97. The first-order valence-corrected chi connectivity index (χ1v) is 6.96. The summed E-state index contributed by atoms with van der Waals surface area (Å²) >= 11 is 0. The second kappa shape index (κ2) is 6.01. The Hall–Kier alpha value is -0.940. The minimum absolute atomic E-state index is 0.0774. The third-order valence-corrected chi connectivity index (χ3v) is 2.99. The molecule has 110 valence electrons. The largest absolute Gasteiger partial charge is 0.390 e. The van der Waals surface area contributed by atoms with E-state index in [1.807, 2.05) is 11.6 Å². The summed E-state index contributed by atoms with van der Waals surface area (Å²) in [7, 11) is 0. The van der Waals surface area contributed by atoms with E-state index >= 15 is 0 Å². The van der Waals surface area contributed by atoms with Gasteiger partial charge in [0.05, 0.1) is 5.60 Å². The molecule has 0 saturated carbocycles. The molecule has 1 atom stereocenters. The van der Waals surface area contributed by atoms with Gasteiger partial charge in [0.25, 0.3) is 0 Å². The predicted octanol–water partition coefficient (Wildman–Crippen LogP) is 1.93. The first kappa shape index (κ1) is 16.1. The van der Waals surface area contributed by atoms with Crippen LogP contribution < -0.4 is 5.32 Å². The molecule has 2 N–H and O–H groups in total. The van der Waals surface area contributed by atoms with Gasteiger partial charge in [-0.25, -0.2) is 9.67 Å². The van der Waals surface area contributed by atoms with E-state index in [1.54, 1.807) is 6.33 Å². The first-order chi connectivity index (χ1) is 8.61. The number of nitrogens with zero attached hydrogens (tertiary/aromatic N) is 3. The molecule has 0 amide bonds. The van der Waals surface area contributed by atoms with Crippen LogP contribution in [0.15, 0.2) is 6.33 Å². The molecule has 1 aromatic heterocycles. The molecule has 1 aromatic rings. The molecule has 0 radical (unpaired) electrons. The Morgan fingerprint density at radius 3 is 2.47 bits per heavy atom.